The van der Waals surface area contributed by atoms with Crippen LogP contribution in [0.2, 0.25) is 0 Å². The van der Waals surface area contributed by atoms with Crippen LogP contribution in [0.5, 0.6) is 0 Å². The molecule has 1 heterocycles. The molecular weight excluding hydrogens is 268 g/mol. The van der Waals surface area contributed by atoms with E-state index in [1.165, 1.54) is 13.3 Å². The van der Waals surface area contributed by atoms with Crippen molar-refractivity contribution in [3.8, 4) is 0 Å². The van der Waals surface area contributed by atoms with Crippen LogP contribution in [0, 0.1) is 0 Å². The summed E-state index contributed by atoms with van der Waals surface area (Å²) in [5.41, 5.74) is 1.70. The third kappa shape index (κ3) is 3.66. The molecule has 0 radical (unpaired) electrons. The van der Waals surface area contributed by atoms with Crippen molar-refractivity contribution >= 4 is 17.6 Å². The molecule has 108 valence electrons. The number of methoxy groups -OCH3 is 1. The molecule has 1 aromatic carbocycles. The molecule has 0 aliphatic carbocycles. The maximum atomic E-state index is 12.0. The van der Waals surface area contributed by atoms with Gasteiger partial charge in [-0.2, -0.15) is 0 Å². The lowest BCUT2D eigenvalue weighted by Crippen LogP contribution is -2.15. The molecule has 1 aromatic heterocycles. The number of nitrogens with one attached hydrogen (secondary N) is 1. The number of carbonyl (C=O) groups excluding carboxylic acids is 2. The maximum absolute atomic E-state index is 12.0. The van der Waals surface area contributed by atoms with Gasteiger partial charge in [0.1, 0.15) is 5.69 Å². The van der Waals surface area contributed by atoms with Crippen molar-refractivity contribution < 1.29 is 14.3 Å². The minimum atomic E-state index is -0.409. The summed E-state index contributed by atoms with van der Waals surface area (Å²) >= 11 is 0. The average molecular weight is 284 g/mol. The van der Waals surface area contributed by atoms with Gasteiger partial charge < -0.3 is 10.1 Å². The van der Waals surface area contributed by atoms with Crippen LogP contribution in [0.15, 0.2) is 48.7 Å². The summed E-state index contributed by atoms with van der Waals surface area (Å²) in [6, 6.07) is 12.4. The van der Waals surface area contributed by atoms with Gasteiger partial charge in [0, 0.05) is 11.9 Å². The van der Waals surface area contributed by atoms with Crippen molar-refractivity contribution in [1.29, 1.82) is 0 Å². The Morgan fingerprint density at radius 1 is 1.14 bits per heavy atom. The lowest BCUT2D eigenvalue weighted by molar-refractivity contribution is -0.142. The zero-order valence-corrected chi connectivity index (χ0v) is 11.9. The Balaban J connectivity index is 2.08. The van der Waals surface area contributed by atoms with E-state index in [9.17, 15) is 9.59 Å². The fraction of sp³-hybridized carbons (Fsp3) is 0.188. The summed E-state index contributed by atoms with van der Waals surface area (Å²) in [5, 5.41) is 2.75. The molecule has 0 bridgehead atoms. The van der Waals surface area contributed by atoms with Crippen molar-refractivity contribution in [2.45, 2.75) is 12.8 Å². The average Bonchev–Trinajstić information content (AvgIpc) is 2.54. The second-order valence-electron chi connectivity index (χ2n) is 4.54. The molecule has 1 amide bonds. The number of hydrogen-bond acceptors (Lipinski definition) is 4. The van der Waals surface area contributed by atoms with E-state index in [0.717, 1.165) is 0 Å². The number of anilines is 1. The van der Waals surface area contributed by atoms with Gasteiger partial charge in [0.05, 0.1) is 13.0 Å². The Bertz CT molecular complexity index is 624. The largest absolute Gasteiger partial charge is 0.469 e. The topological polar surface area (TPSA) is 68.3 Å². The predicted molar refractivity (Wildman–Crippen MR) is 79.1 cm³/mol. The number of esters is 1. The number of nitrogens with zero attached hydrogens (tertiary/aromatic N) is 1. The highest BCUT2D eigenvalue weighted by atomic mass is 16.5. The third-order valence-electron chi connectivity index (χ3n) is 3.11. The molecule has 0 saturated heterocycles. The van der Waals surface area contributed by atoms with Crippen LogP contribution in [-0.2, 0) is 9.53 Å². The number of carbonyl (C=O) groups is 2. The van der Waals surface area contributed by atoms with Gasteiger partial charge in [-0.3, -0.25) is 14.6 Å². The van der Waals surface area contributed by atoms with E-state index >= 15 is 0 Å². The Morgan fingerprint density at radius 2 is 1.86 bits per heavy atom. The number of pyridine rings is 1. The highest BCUT2D eigenvalue weighted by Crippen LogP contribution is 2.16. The molecule has 0 unspecified atom stereocenters. The fourth-order valence-corrected chi connectivity index (χ4v) is 1.83. The minimum absolute atomic E-state index is 0.291. The van der Waals surface area contributed by atoms with Gasteiger partial charge in [-0.25, -0.2) is 0 Å². The van der Waals surface area contributed by atoms with Gasteiger partial charge in [-0.05, 0) is 30.7 Å². The molecule has 1 atom stereocenters. The lowest BCUT2D eigenvalue weighted by Gasteiger charge is -2.09. The van der Waals surface area contributed by atoms with E-state index in [1.807, 2.05) is 18.2 Å². The first-order valence-electron chi connectivity index (χ1n) is 6.52. The van der Waals surface area contributed by atoms with Crippen LogP contribution in [0.3, 0.4) is 0 Å². The zero-order valence-electron chi connectivity index (χ0n) is 11.9. The second kappa shape index (κ2) is 6.65. The SMILES string of the molecule is COC(=O)[C@H](C)c1ccc(C(=O)Nc2ccccc2)nc1. The molecular formula is C16H16N2O3. The number of aromatic nitrogens is 1. The Kier molecular flexibility index (Phi) is 4.66. The number of rotatable bonds is 4. The molecule has 0 spiro atoms. The first-order valence-corrected chi connectivity index (χ1v) is 6.52. The molecule has 0 fully saturated rings. The molecule has 0 aliphatic heterocycles. The van der Waals surface area contributed by atoms with E-state index in [-0.39, 0.29) is 11.9 Å². The fourth-order valence-electron chi connectivity index (χ4n) is 1.83. The zero-order chi connectivity index (χ0) is 15.2. The Labute approximate surface area is 123 Å². The normalized spacial score (nSPS) is 11.5. The molecule has 2 aromatic rings. The van der Waals surface area contributed by atoms with Crippen molar-refractivity contribution in [3.05, 3.63) is 59.9 Å². The molecule has 2 rings (SSSR count). The number of benzene rings is 1. The molecule has 0 saturated carbocycles. The van der Waals surface area contributed by atoms with Gasteiger partial charge in [-0.1, -0.05) is 24.3 Å². The maximum Gasteiger partial charge on any atom is 0.312 e. The van der Waals surface area contributed by atoms with Crippen LogP contribution in [0.1, 0.15) is 28.9 Å². The Hall–Kier alpha value is -2.69. The number of para-hydroxylation sites is 1. The smallest absolute Gasteiger partial charge is 0.312 e. The molecule has 21 heavy (non-hydrogen) atoms. The van der Waals surface area contributed by atoms with Gasteiger partial charge >= 0.3 is 5.97 Å². The highest BCUT2D eigenvalue weighted by molar-refractivity contribution is 6.02. The minimum Gasteiger partial charge on any atom is -0.469 e. The third-order valence-corrected chi connectivity index (χ3v) is 3.11. The van der Waals surface area contributed by atoms with Gasteiger partial charge in [-0.15, -0.1) is 0 Å². The summed E-state index contributed by atoms with van der Waals surface area (Å²) in [6.07, 6.45) is 1.52. The highest BCUT2D eigenvalue weighted by Gasteiger charge is 2.16. The lowest BCUT2D eigenvalue weighted by atomic mass is 10.0. The van der Waals surface area contributed by atoms with E-state index in [0.29, 0.717) is 16.9 Å². The first-order chi connectivity index (χ1) is 10.1. The van der Waals surface area contributed by atoms with Crippen molar-refractivity contribution in [2.75, 3.05) is 12.4 Å². The first kappa shape index (κ1) is 14.7. The van der Waals surface area contributed by atoms with Crippen molar-refractivity contribution in [2.24, 2.45) is 0 Å². The molecule has 5 heteroatoms. The number of ether oxygens (including phenoxy) is 1. The summed E-state index contributed by atoms with van der Waals surface area (Å²) < 4.78 is 4.68. The van der Waals surface area contributed by atoms with Crippen LogP contribution >= 0.6 is 0 Å². The standard InChI is InChI=1S/C16H16N2O3/c1-11(16(20)21-2)12-8-9-14(17-10-12)15(19)18-13-6-4-3-5-7-13/h3-11H,1-2H3,(H,18,19)/t11-/m1/s1. The van der Waals surface area contributed by atoms with E-state index in [4.69, 9.17) is 0 Å². The predicted octanol–water partition coefficient (Wildman–Crippen LogP) is 2.61. The molecule has 1 N–H and O–H groups in total. The summed E-state index contributed by atoms with van der Waals surface area (Å²) in [4.78, 5) is 27.6. The summed E-state index contributed by atoms with van der Waals surface area (Å²) in [5.74, 6) is -1.04. The van der Waals surface area contributed by atoms with Gasteiger partial charge in [0.2, 0.25) is 0 Å². The number of hydrogen-bond donors (Lipinski definition) is 1. The van der Waals surface area contributed by atoms with E-state index in [2.05, 4.69) is 15.0 Å². The quantitative estimate of drug-likeness (QED) is 0.876. The monoisotopic (exact) mass is 284 g/mol. The van der Waals surface area contributed by atoms with Gasteiger partial charge in [0.25, 0.3) is 5.91 Å². The number of amides is 1. The van der Waals surface area contributed by atoms with E-state index < -0.39 is 5.92 Å². The van der Waals surface area contributed by atoms with Crippen molar-refractivity contribution in [3.63, 3.8) is 0 Å². The second-order valence-corrected chi connectivity index (χ2v) is 4.54. The van der Waals surface area contributed by atoms with Crippen LogP contribution in [0.25, 0.3) is 0 Å². The van der Waals surface area contributed by atoms with Gasteiger partial charge in [0.15, 0.2) is 0 Å². The molecule has 5 nitrogen and oxygen atoms in total. The van der Waals surface area contributed by atoms with Crippen LogP contribution in [-0.4, -0.2) is 24.0 Å². The Morgan fingerprint density at radius 3 is 2.43 bits per heavy atom. The van der Waals surface area contributed by atoms with Crippen molar-refractivity contribution in [1.82, 2.24) is 4.98 Å². The molecule has 0 aliphatic rings. The van der Waals surface area contributed by atoms with Crippen LogP contribution < -0.4 is 5.32 Å². The van der Waals surface area contributed by atoms with E-state index in [1.54, 1.807) is 31.2 Å². The van der Waals surface area contributed by atoms with Crippen LogP contribution in [0.4, 0.5) is 5.69 Å². The summed E-state index contributed by atoms with van der Waals surface area (Å²) in [6.45, 7) is 1.73. The summed E-state index contributed by atoms with van der Waals surface area (Å²) in [7, 11) is 1.34.